The van der Waals surface area contributed by atoms with Gasteiger partial charge >= 0.3 is 0 Å². The maximum Gasteiger partial charge on any atom is 0.221 e. The van der Waals surface area contributed by atoms with Crippen LogP contribution in [0, 0.1) is 11.6 Å². The summed E-state index contributed by atoms with van der Waals surface area (Å²) in [6.07, 6.45) is 3.56. The number of aromatic nitrogens is 3. The van der Waals surface area contributed by atoms with E-state index in [1.165, 1.54) is 24.4 Å². The zero-order valence-electron chi connectivity index (χ0n) is 18.7. The summed E-state index contributed by atoms with van der Waals surface area (Å²) < 4.78 is 35.1. The van der Waals surface area contributed by atoms with Crippen LogP contribution in [-0.2, 0) is 17.8 Å². The summed E-state index contributed by atoms with van der Waals surface area (Å²) in [4.78, 5) is 21.4. The van der Waals surface area contributed by atoms with E-state index in [-0.39, 0.29) is 24.6 Å². The quantitative estimate of drug-likeness (QED) is 0.326. The topological polar surface area (TPSA) is 73.0 Å². The smallest absolute Gasteiger partial charge is 0.221 e. The third-order valence-corrected chi connectivity index (χ3v) is 5.77. The Hall–Kier alpha value is -4.33. The first kappa shape index (κ1) is 22.5. The van der Waals surface area contributed by atoms with Crippen molar-refractivity contribution in [2.45, 2.75) is 25.4 Å². The van der Waals surface area contributed by atoms with Gasteiger partial charge in [0.15, 0.2) is 11.7 Å². The number of rotatable bonds is 8. The monoisotopic (exact) mass is 472 g/mol. The van der Waals surface area contributed by atoms with Crippen molar-refractivity contribution in [2.75, 3.05) is 0 Å². The lowest BCUT2D eigenvalue weighted by Crippen LogP contribution is -2.31. The molecule has 3 aromatic carbocycles. The lowest BCUT2D eigenvalue weighted by atomic mass is 10.1. The molecule has 2 aromatic heterocycles. The molecule has 2 heterocycles. The van der Waals surface area contributed by atoms with Crippen molar-refractivity contribution in [1.82, 2.24) is 19.9 Å². The maximum atomic E-state index is 14.0. The third kappa shape index (κ3) is 5.11. The number of carbonyl (C=O) groups excluding carboxylic acids is 1. The van der Waals surface area contributed by atoms with Crippen LogP contribution in [0.5, 0.6) is 0 Å². The number of oxazole rings is 1. The summed E-state index contributed by atoms with van der Waals surface area (Å²) in [6.45, 7) is 0.425. The highest BCUT2D eigenvalue weighted by Crippen LogP contribution is 2.24. The van der Waals surface area contributed by atoms with Crippen molar-refractivity contribution in [1.29, 1.82) is 0 Å². The van der Waals surface area contributed by atoms with Crippen LogP contribution >= 0.6 is 0 Å². The number of nitrogens with one attached hydrogen (secondary N) is 1. The predicted octanol–water partition coefficient (Wildman–Crippen LogP) is 5.46. The summed E-state index contributed by atoms with van der Waals surface area (Å²) in [5.41, 5.74) is 2.88. The molecule has 0 bridgehead atoms. The molecule has 0 radical (unpaired) electrons. The Balaban J connectivity index is 1.29. The van der Waals surface area contributed by atoms with E-state index < -0.39 is 11.9 Å². The first-order valence-electron chi connectivity index (χ1n) is 11.2. The standard InChI is InChI=1S/C27H22F2N4O2/c28-19-11-9-18(10-12-19)23(16-33-17-31-22-7-3-4-8-24(22)33)32-26(34)13-14-27-30-15-25(35-27)20-5-1-2-6-21(20)29/h1-12,15,17,23H,13-14,16H2,(H,32,34). The minimum absolute atomic E-state index is 0.125. The van der Waals surface area contributed by atoms with E-state index in [9.17, 15) is 13.6 Å². The number of fused-ring (bicyclic) bond motifs is 1. The van der Waals surface area contributed by atoms with Crippen molar-refractivity contribution < 1.29 is 18.0 Å². The van der Waals surface area contributed by atoms with E-state index in [0.717, 1.165) is 16.6 Å². The van der Waals surface area contributed by atoms with Crippen molar-refractivity contribution in [3.63, 3.8) is 0 Å². The molecule has 8 heteroatoms. The molecule has 0 aliphatic rings. The zero-order valence-corrected chi connectivity index (χ0v) is 18.7. The summed E-state index contributed by atoms with van der Waals surface area (Å²) in [5.74, 6) is -0.301. The van der Waals surface area contributed by atoms with Crippen LogP contribution in [0.1, 0.15) is 23.9 Å². The summed E-state index contributed by atoms with van der Waals surface area (Å²) in [5, 5.41) is 3.03. The number of para-hydroxylation sites is 2. The first-order valence-corrected chi connectivity index (χ1v) is 11.2. The summed E-state index contributed by atoms with van der Waals surface area (Å²) >= 11 is 0. The molecule has 1 unspecified atom stereocenters. The van der Waals surface area contributed by atoms with Crippen LogP contribution < -0.4 is 5.32 Å². The van der Waals surface area contributed by atoms with Gasteiger partial charge in [-0.1, -0.05) is 36.4 Å². The Morgan fingerprint density at radius 1 is 0.971 bits per heavy atom. The number of halogens is 2. The van der Waals surface area contributed by atoms with Crippen LogP contribution in [-0.4, -0.2) is 20.4 Å². The molecule has 176 valence electrons. The highest BCUT2D eigenvalue weighted by molar-refractivity contribution is 5.77. The average Bonchev–Trinajstić information content (AvgIpc) is 3.51. The molecule has 0 fully saturated rings. The largest absolute Gasteiger partial charge is 0.441 e. The zero-order chi connectivity index (χ0) is 24.2. The van der Waals surface area contributed by atoms with Gasteiger partial charge in [0, 0.05) is 19.4 Å². The van der Waals surface area contributed by atoms with Gasteiger partial charge in [-0.25, -0.2) is 18.7 Å². The van der Waals surface area contributed by atoms with Gasteiger partial charge in [0.1, 0.15) is 11.6 Å². The molecule has 0 saturated carbocycles. The van der Waals surface area contributed by atoms with Gasteiger partial charge in [0.05, 0.1) is 35.2 Å². The van der Waals surface area contributed by atoms with Crippen LogP contribution in [0.15, 0.2) is 89.7 Å². The number of nitrogens with zero attached hydrogens (tertiary/aromatic N) is 3. The minimum Gasteiger partial charge on any atom is -0.441 e. The van der Waals surface area contributed by atoms with Gasteiger partial charge in [-0.15, -0.1) is 0 Å². The first-order chi connectivity index (χ1) is 17.1. The van der Waals surface area contributed by atoms with Crippen molar-refractivity contribution in [2.24, 2.45) is 0 Å². The molecule has 5 aromatic rings. The van der Waals surface area contributed by atoms with Gasteiger partial charge in [-0.2, -0.15) is 0 Å². The Morgan fingerprint density at radius 2 is 1.74 bits per heavy atom. The second-order valence-corrected chi connectivity index (χ2v) is 8.16. The number of amides is 1. The fraction of sp³-hybridized carbons (Fsp3) is 0.148. The summed E-state index contributed by atoms with van der Waals surface area (Å²) in [6, 6.07) is 19.7. The highest BCUT2D eigenvalue weighted by Gasteiger charge is 2.18. The SMILES string of the molecule is O=C(CCc1ncc(-c2ccccc2F)o1)NC(Cn1cnc2ccccc21)c1ccc(F)cc1. The number of hydrogen-bond acceptors (Lipinski definition) is 4. The lowest BCUT2D eigenvalue weighted by Gasteiger charge is -2.20. The minimum atomic E-state index is -0.403. The highest BCUT2D eigenvalue weighted by atomic mass is 19.1. The molecule has 0 aliphatic heterocycles. The molecule has 6 nitrogen and oxygen atoms in total. The number of hydrogen-bond donors (Lipinski definition) is 1. The number of imidazole rings is 1. The predicted molar refractivity (Wildman–Crippen MR) is 127 cm³/mol. The van der Waals surface area contributed by atoms with Crippen molar-refractivity contribution in [3.8, 4) is 11.3 Å². The second kappa shape index (κ2) is 9.89. The fourth-order valence-electron chi connectivity index (χ4n) is 3.98. The van der Waals surface area contributed by atoms with Crippen LogP contribution in [0.2, 0.25) is 0 Å². The number of aryl methyl sites for hydroxylation is 1. The van der Waals surface area contributed by atoms with Gasteiger partial charge in [-0.3, -0.25) is 4.79 Å². The molecule has 1 N–H and O–H groups in total. The molecule has 0 spiro atoms. The Morgan fingerprint density at radius 3 is 2.57 bits per heavy atom. The van der Waals surface area contributed by atoms with Crippen molar-refractivity contribution >= 4 is 16.9 Å². The molecule has 0 aliphatic carbocycles. The molecule has 35 heavy (non-hydrogen) atoms. The molecular formula is C27H22F2N4O2. The average molecular weight is 472 g/mol. The number of carbonyl (C=O) groups is 1. The van der Waals surface area contributed by atoms with Gasteiger partial charge in [0.2, 0.25) is 5.91 Å². The van der Waals surface area contributed by atoms with E-state index in [1.54, 1.807) is 36.7 Å². The maximum absolute atomic E-state index is 14.0. The van der Waals surface area contributed by atoms with E-state index in [0.29, 0.717) is 23.8 Å². The van der Waals surface area contributed by atoms with E-state index in [1.807, 2.05) is 28.8 Å². The molecule has 0 saturated heterocycles. The van der Waals surface area contributed by atoms with Crippen molar-refractivity contribution in [3.05, 3.63) is 108 Å². The molecule has 1 atom stereocenters. The molecular weight excluding hydrogens is 450 g/mol. The number of benzene rings is 3. The Bertz CT molecular complexity index is 1460. The van der Waals surface area contributed by atoms with Crippen LogP contribution in [0.4, 0.5) is 8.78 Å². The lowest BCUT2D eigenvalue weighted by molar-refractivity contribution is -0.122. The third-order valence-electron chi connectivity index (χ3n) is 5.77. The molecule has 5 rings (SSSR count). The van der Waals surface area contributed by atoms with E-state index >= 15 is 0 Å². The van der Waals surface area contributed by atoms with Gasteiger partial charge in [0.25, 0.3) is 0 Å². The Labute approximate surface area is 200 Å². The van der Waals surface area contributed by atoms with E-state index in [2.05, 4.69) is 15.3 Å². The molecule has 1 amide bonds. The van der Waals surface area contributed by atoms with E-state index in [4.69, 9.17) is 4.42 Å². The summed E-state index contributed by atoms with van der Waals surface area (Å²) in [7, 11) is 0. The fourth-order valence-corrected chi connectivity index (χ4v) is 3.98. The van der Waals surface area contributed by atoms with Crippen LogP contribution in [0.25, 0.3) is 22.4 Å². The van der Waals surface area contributed by atoms with Crippen LogP contribution in [0.3, 0.4) is 0 Å². The normalized spacial score (nSPS) is 12.1. The van der Waals surface area contributed by atoms with Gasteiger partial charge in [-0.05, 0) is 42.0 Å². The Kier molecular flexibility index (Phi) is 6.34. The second-order valence-electron chi connectivity index (χ2n) is 8.16. The van der Waals surface area contributed by atoms with Gasteiger partial charge < -0.3 is 14.3 Å².